The maximum absolute atomic E-state index is 13.1. The molecule has 2 atom stereocenters. The van der Waals surface area contributed by atoms with Crippen molar-refractivity contribution in [3.8, 4) is 11.8 Å². The van der Waals surface area contributed by atoms with Crippen LogP contribution >= 0.6 is 34.8 Å². The van der Waals surface area contributed by atoms with E-state index in [-0.39, 0.29) is 38.0 Å². The molecule has 0 spiro atoms. The lowest BCUT2D eigenvalue weighted by Crippen LogP contribution is -2.48. The molecule has 1 unspecified atom stereocenters. The van der Waals surface area contributed by atoms with Crippen molar-refractivity contribution < 1.29 is 23.4 Å². The Kier molecular flexibility index (Phi) is 6.27. The van der Waals surface area contributed by atoms with Gasteiger partial charge in [-0.05, 0) is 24.3 Å². The van der Waals surface area contributed by atoms with Crippen molar-refractivity contribution in [1.29, 1.82) is 5.26 Å². The van der Waals surface area contributed by atoms with Crippen LogP contribution in [0.5, 0.6) is 5.75 Å². The van der Waals surface area contributed by atoms with Crippen LogP contribution in [0.4, 0.5) is 0 Å². The summed E-state index contributed by atoms with van der Waals surface area (Å²) in [5.41, 5.74) is -1.72. The maximum atomic E-state index is 13.1. The summed E-state index contributed by atoms with van der Waals surface area (Å²) in [5, 5.41) is 29.0. The molecule has 1 aliphatic heterocycles. The number of pyridine rings is 1. The molecule has 1 fully saturated rings. The normalized spacial score (nSPS) is 22.4. The number of hydrogen-bond acceptors (Lipinski definition) is 7. The zero-order chi connectivity index (χ0) is 21.4. The molecule has 0 amide bonds. The van der Waals surface area contributed by atoms with Crippen LogP contribution in [0, 0.1) is 11.3 Å². The number of ether oxygens (including phenoxy) is 1. The Bertz CT molecular complexity index is 1050. The topological polar surface area (TPSA) is 124 Å². The van der Waals surface area contributed by atoms with Crippen LogP contribution in [0.3, 0.4) is 0 Å². The molecule has 12 heteroatoms. The largest absolute Gasteiger partial charge is 0.484 e. The van der Waals surface area contributed by atoms with Gasteiger partial charge in [-0.25, -0.2) is 13.4 Å². The quantitative estimate of drug-likeness (QED) is 0.674. The lowest BCUT2D eigenvalue weighted by Gasteiger charge is -2.26. The first kappa shape index (κ1) is 22.1. The summed E-state index contributed by atoms with van der Waals surface area (Å²) in [6.45, 7) is -1.49. The van der Waals surface area contributed by atoms with E-state index < -0.39 is 34.9 Å². The van der Waals surface area contributed by atoms with Gasteiger partial charge in [0.05, 0.1) is 29.4 Å². The molecule has 1 aromatic carbocycles. The molecule has 29 heavy (non-hydrogen) atoms. The Morgan fingerprint density at radius 1 is 1.31 bits per heavy atom. The van der Waals surface area contributed by atoms with E-state index in [0.29, 0.717) is 0 Å². The standard InChI is InChI=1S/C17H14Cl3N3O5S/c18-10-3-13(19)16(14(20)4-10)29(26,27)23-7-15(17(25,8-23)9-24)28-12-2-1-11(5-21)22-6-12/h1-4,6,15,24-25H,7-9H2/t15?,17-/m1/s1. The molecule has 154 valence electrons. The number of benzene rings is 1. The van der Waals surface area contributed by atoms with Crippen molar-refractivity contribution in [3.63, 3.8) is 0 Å². The van der Waals surface area contributed by atoms with Crippen LogP contribution < -0.4 is 4.74 Å². The van der Waals surface area contributed by atoms with E-state index in [1.807, 2.05) is 6.07 Å². The number of halogens is 3. The van der Waals surface area contributed by atoms with Crippen molar-refractivity contribution >= 4 is 44.8 Å². The van der Waals surface area contributed by atoms with Crippen LogP contribution in [0.15, 0.2) is 35.4 Å². The van der Waals surface area contributed by atoms with Gasteiger partial charge in [0.2, 0.25) is 10.0 Å². The Hall–Kier alpha value is -1.64. The third-order valence-electron chi connectivity index (χ3n) is 4.38. The van der Waals surface area contributed by atoms with Crippen LogP contribution in [0.25, 0.3) is 0 Å². The predicted molar refractivity (Wildman–Crippen MR) is 106 cm³/mol. The van der Waals surface area contributed by atoms with Crippen molar-refractivity contribution in [1.82, 2.24) is 9.29 Å². The van der Waals surface area contributed by atoms with Gasteiger partial charge in [0.25, 0.3) is 0 Å². The SMILES string of the molecule is N#Cc1ccc(OC2CN(S(=O)(=O)c3c(Cl)cc(Cl)cc3Cl)C[C@@]2(O)CO)cn1. The number of nitrogens with zero attached hydrogens (tertiary/aromatic N) is 3. The number of nitriles is 1. The number of hydrogen-bond donors (Lipinski definition) is 2. The van der Waals surface area contributed by atoms with Crippen molar-refractivity contribution in [2.24, 2.45) is 0 Å². The van der Waals surface area contributed by atoms with Crippen molar-refractivity contribution in [3.05, 3.63) is 51.2 Å². The molecule has 1 saturated heterocycles. The minimum absolute atomic E-state index is 0.164. The molecule has 8 nitrogen and oxygen atoms in total. The minimum Gasteiger partial charge on any atom is -0.484 e. The van der Waals surface area contributed by atoms with E-state index in [2.05, 4.69) is 4.98 Å². The molecular weight excluding hydrogens is 465 g/mol. The molecule has 3 rings (SSSR count). The fourth-order valence-corrected chi connectivity index (χ4v) is 5.89. The van der Waals surface area contributed by atoms with E-state index in [1.165, 1.54) is 30.5 Å². The fourth-order valence-electron chi connectivity index (χ4n) is 2.89. The smallest absolute Gasteiger partial charge is 0.246 e. The van der Waals surface area contributed by atoms with Gasteiger partial charge < -0.3 is 14.9 Å². The van der Waals surface area contributed by atoms with Crippen LogP contribution in [-0.4, -0.2) is 59.3 Å². The predicted octanol–water partition coefficient (Wildman–Crippen LogP) is 2.09. The second-order valence-electron chi connectivity index (χ2n) is 6.36. The summed E-state index contributed by atoms with van der Waals surface area (Å²) >= 11 is 17.9. The highest BCUT2D eigenvalue weighted by molar-refractivity contribution is 7.89. The molecule has 2 heterocycles. The first-order valence-electron chi connectivity index (χ1n) is 8.11. The van der Waals surface area contributed by atoms with Crippen molar-refractivity contribution in [2.45, 2.75) is 16.6 Å². The number of β-amino-alcohol motifs (C(OH)–C–C–N with tert-alkyl or cyclic N) is 1. The van der Waals surface area contributed by atoms with Gasteiger partial charge in [-0.2, -0.15) is 9.57 Å². The van der Waals surface area contributed by atoms with Gasteiger partial charge in [0, 0.05) is 11.6 Å². The molecule has 0 bridgehead atoms. The Balaban J connectivity index is 1.91. The van der Waals surface area contributed by atoms with Gasteiger partial charge in [-0.15, -0.1) is 0 Å². The fraction of sp³-hybridized carbons (Fsp3) is 0.294. The number of aliphatic hydroxyl groups excluding tert-OH is 1. The molecular formula is C17H14Cl3N3O5S. The van der Waals surface area contributed by atoms with Crippen LogP contribution in [0.2, 0.25) is 15.1 Å². The summed E-state index contributed by atoms with van der Waals surface area (Å²) in [6, 6.07) is 7.20. The second kappa shape index (κ2) is 8.24. The van der Waals surface area contributed by atoms with Gasteiger partial charge in [0.15, 0.2) is 0 Å². The first-order valence-corrected chi connectivity index (χ1v) is 10.7. The van der Waals surface area contributed by atoms with E-state index >= 15 is 0 Å². The lowest BCUT2D eigenvalue weighted by atomic mass is 10.0. The summed E-state index contributed by atoms with van der Waals surface area (Å²) in [6.07, 6.45) is 0.155. The molecule has 0 saturated carbocycles. The van der Waals surface area contributed by atoms with Crippen LogP contribution in [-0.2, 0) is 10.0 Å². The Morgan fingerprint density at radius 3 is 2.48 bits per heavy atom. The molecule has 1 aliphatic rings. The number of aromatic nitrogens is 1. The summed E-state index contributed by atoms with van der Waals surface area (Å²) in [7, 11) is -4.23. The highest BCUT2D eigenvalue weighted by Crippen LogP contribution is 2.37. The zero-order valence-corrected chi connectivity index (χ0v) is 17.7. The average Bonchev–Trinajstić information content (AvgIpc) is 2.99. The monoisotopic (exact) mass is 477 g/mol. The second-order valence-corrected chi connectivity index (χ2v) is 9.48. The Labute approximate surface area is 181 Å². The maximum Gasteiger partial charge on any atom is 0.246 e. The highest BCUT2D eigenvalue weighted by Gasteiger charge is 2.51. The lowest BCUT2D eigenvalue weighted by molar-refractivity contribution is -0.0641. The number of rotatable bonds is 5. The average molecular weight is 479 g/mol. The molecule has 2 N–H and O–H groups in total. The molecule has 0 aliphatic carbocycles. The Morgan fingerprint density at radius 2 is 1.97 bits per heavy atom. The first-order chi connectivity index (χ1) is 13.6. The highest BCUT2D eigenvalue weighted by atomic mass is 35.5. The van der Waals surface area contributed by atoms with E-state index in [1.54, 1.807) is 0 Å². The number of sulfonamides is 1. The molecule has 0 radical (unpaired) electrons. The van der Waals surface area contributed by atoms with Gasteiger partial charge >= 0.3 is 0 Å². The minimum atomic E-state index is -4.23. The zero-order valence-electron chi connectivity index (χ0n) is 14.6. The summed E-state index contributed by atoms with van der Waals surface area (Å²) in [4.78, 5) is 3.49. The summed E-state index contributed by atoms with van der Waals surface area (Å²) in [5.74, 6) is 0.197. The van der Waals surface area contributed by atoms with Crippen molar-refractivity contribution in [2.75, 3.05) is 19.7 Å². The van der Waals surface area contributed by atoms with E-state index in [0.717, 1.165) is 4.31 Å². The molecule has 2 aromatic rings. The van der Waals surface area contributed by atoms with Gasteiger partial charge in [-0.3, -0.25) is 0 Å². The number of aliphatic hydroxyl groups is 2. The third-order valence-corrected chi connectivity index (χ3v) is 7.34. The summed E-state index contributed by atoms with van der Waals surface area (Å²) < 4.78 is 32.7. The van der Waals surface area contributed by atoms with Gasteiger partial charge in [0.1, 0.15) is 34.1 Å². The van der Waals surface area contributed by atoms with E-state index in [9.17, 15) is 18.6 Å². The van der Waals surface area contributed by atoms with Gasteiger partial charge in [-0.1, -0.05) is 34.8 Å². The van der Waals surface area contributed by atoms with Crippen LogP contribution in [0.1, 0.15) is 5.69 Å². The van der Waals surface area contributed by atoms with E-state index in [4.69, 9.17) is 44.8 Å². The third kappa shape index (κ3) is 4.29. The molecule has 1 aromatic heterocycles.